The van der Waals surface area contributed by atoms with Crippen molar-refractivity contribution in [3.8, 4) is 0 Å². The van der Waals surface area contributed by atoms with Crippen LogP contribution in [-0.4, -0.2) is 14.7 Å². The van der Waals surface area contributed by atoms with E-state index >= 15 is 0 Å². The van der Waals surface area contributed by atoms with Gasteiger partial charge in [-0.2, -0.15) is 5.10 Å². The summed E-state index contributed by atoms with van der Waals surface area (Å²) < 4.78 is 1.73. The predicted octanol–water partition coefficient (Wildman–Crippen LogP) is 3.13. The van der Waals surface area contributed by atoms with E-state index in [0.717, 1.165) is 30.5 Å². The first-order valence-electron chi connectivity index (χ1n) is 6.22. The van der Waals surface area contributed by atoms with Gasteiger partial charge in [0.05, 0.1) is 4.92 Å². The first kappa shape index (κ1) is 11.6. The molecule has 5 nitrogen and oxygen atoms in total. The largest absolute Gasteiger partial charge is 0.314 e. The van der Waals surface area contributed by atoms with E-state index in [1.807, 2.05) is 36.4 Å². The van der Waals surface area contributed by atoms with Crippen molar-refractivity contribution in [2.24, 2.45) is 0 Å². The van der Waals surface area contributed by atoms with Gasteiger partial charge in [-0.05, 0) is 30.1 Å². The van der Waals surface area contributed by atoms with Gasteiger partial charge in [0.15, 0.2) is 0 Å². The second-order valence-corrected chi connectivity index (χ2v) is 4.54. The molecule has 0 atom stereocenters. The maximum atomic E-state index is 11.1. The Labute approximate surface area is 110 Å². The average molecular weight is 255 g/mol. The molecule has 3 rings (SSSR count). The van der Waals surface area contributed by atoms with Crippen LogP contribution in [0.4, 0.5) is 5.69 Å². The molecule has 0 bridgehead atoms. The lowest BCUT2D eigenvalue weighted by Gasteiger charge is -2.16. The molecule has 0 unspecified atom stereocenters. The summed E-state index contributed by atoms with van der Waals surface area (Å²) >= 11 is 0. The zero-order valence-corrected chi connectivity index (χ0v) is 10.3. The molecule has 0 spiro atoms. The van der Waals surface area contributed by atoms with E-state index in [-0.39, 0.29) is 10.6 Å². The summed E-state index contributed by atoms with van der Waals surface area (Å²) in [7, 11) is 0. The van der Waals surface area contributed by atoms with E-state index in [9.17, 15) is 10.1 Å². The van der Waals surface area contributed by atoms with Crippen LogP contribution in [0.2, 0.25) is 0 Å². The molecule has 1 aliphatic rings. The Morgan fingerprint density at radius 3 is 2.84 bits per heavy atom. The minimum absolute atomic E-state index is 0.0990. The van der Waals surface area contributed by atoms with Gasteiger partial charge < -0.3 is 0 Å². The molecule has 0 radical (unpaired) electrons. The van der Waals surface area contributed by atoms with Crippen molar-refractivity contribution in [3.05, 3.63) is 57.9 Å². The lowest BCUT2D eigenvalue weighted by molar-refractivity contribution is -0.385. The van der Waals surface area contributed by atoms with E-state index in [4.69, 9.17) is 0 Å². The first-order valence-corrected chi connectivity index (χ1v) is 6.22. The topological polar surface area (TPSA) is 61.0 Å². The molecule has 0 amide bonds. The van der Waals surface area contributed by atoms with Crippen molar-refractivity contribution in [2.75, 3.05) is 0 Å². The quantitative estimate of drug-likeness (QED) is 0.611. The first-order chi connectivity index (χ1) is 9.25. The molecule has 0 fully saturated rings. The molecule has 19 heavy (non-hydrogen) atoms. The van der Waals surface area contributed by atoms with E-state index in [2.05, 4.69) is 5.10 Å². The summed E-state index contributed by atoms with van der Waals surface area (Å²) in [5.41, 5.74) is 2.80. The van der Waals surface area contributed by atoms with Gasteiger partial charge in [0.25, 0.3) is 0 Å². The third-order valence-corrected chi connectivity index (χ3v) is 3.28. The maximum absolute atomic E-state index is 11.1. The Hall–Kier alpha value is -2.43. The van der Waals surface area contributed by atoms with E-state index in [1.54, 1.807) is 4.68 Å². The zero-order chi connectivity index (χ0) is 13.2. The highest BCUT2D eigenvalue weighted by Crippen LogP contribution is 2.34. The summed E-state index contributed by atoms with van der Waals surface area (Å²) in [5, 5.41) is 15.2. The Balaban J connectivity index is 2.09. The second kappa shape index (κ2) is 4.68. The van der Waals surface area contributed by atoms with Crippen molar-refractivity contribution >= 4 is 17.3 Å². The minimum atomic E-state index is -0.358. The fourth-order valence-corrected chi connectivity index (χ4v) is 2.44. The summed E-state index contributed by atoms with van der Waals surface area (Å²) in [4.78, 5) is 10.7. The van der Waals surface area contributed by atoms with Crippen LogP contribution < -0.4 is 0 Å². The third kappa shape index (κ3) is 2.14. The number of aromatic nitrogens is 2. The van der Waals surface area contributed by atoms with E-state index in [1.165, 1.54) is 6.20 Å². The number of rotatable bonds is 2. The van der Waals surface area contributed by atoms with Gasteiger partial charge in [0.2, 0.25) is 0 Å². The summed E-state index contributed by atoms with van der Waals surface area (Å²) in [6, 6.07) is 9.86. The number of hydrogen-bond acceptors (Lipinski definition) is 3. The van der Waals surface area contributed by atoms with Crippen LogP contribution in [0.1, 0.15) is 24.1 Å². The van der Waals surface area contributed by atoms with E-state index < -0.39 is 0 Å². The lowest BCUT2D eigenvalue weighted by atomic mass is 9.99. The van der Waals surface area contributed by atoms with Gasteiger partial charge in [0.1, 0.15) is 11.9 Å². The molecule has 1 aliphatic heterocycles. The van der Waals surface area contributed by atoms with Gasteiger partial charge in [-0.15, -0.1) is 0 Å². The molecule has 1 aromatic heterocycles. The highest BCUT2D eigenvalue weighted by molar-refractivity contribution is 5.83. The molecular formula is C14H13N3O2. The summed E-state index contributed by atoms with van der Waals surface area (Å²) in [6.45, 7) is 0.745. The lowest BCUT2D eigenvalue weighted by Crippen LogP contribution is -2.11. The summed E-state index contributed by atoms with van der Waals surface area (Å²) in [6.07, 6.45) is 5.17. The van der Waals surface area contributed by atoms with Crippen LogP contribution in [0.15, 0.2) is 36.5 Å². The van der Waals surface area contributed by atoms with Gasteiger partial charge in [-0.1, -0.05) is 30.3 Å². The normalized spacial score (nSPS) is 16.3. The molecule has 0 saturated heterocycles. The molecule has 2 heterocycles. The second-order valence-electron chi connectivity index (χ2n) is 4.54. The van der Waals surface area contributed by atoms with Crippen LogP contribution in [0.3, 0.4) is 0 Å². The maximum Gasteiger partial charge on any atom is 0.314 e. The van der Waals surface area contributed by atoms with Crippen LogP contribution in [0.5, 0.6) is 0 Å². The molecule has 0 saturated carbocycles. The number of nitro groups is 1. The Morgan fingerprint density at radius 2 is 2.11 bits per heavy atom. The number of fused-ring (bicyclic) bond motifs is 1. The van der Waals surface area contributed by atoms with Crippen LogP contribution in [0, 0.1) is 10.1 Å². The molecule has 96 valence electrons. The highest BCUT2D eigenvalue weighted by Gasteiger charge is 2.26. The Bertz CT molecular complexity index is 644. The molecule has 0 aliphatic carbocycles. The molecular weight excluding hydrogens is 242 g/mol. The van der Waals surface area contributed by atoms with Gasteiger partial charge in [-0.25, -0.2) is 0 Å². The Morgan fingerprint density at radius 1 is 1.32 bits per heavy atom. The van der Waals surface area contributed by atoms with Gasteiger partial charge >= 0.3 is 5.69 Å². The highest BCUT2D eigenvalue weighted by atomic mass is 16.6. The van der Waals surface area contributed by atoms with Crippen molar-refractivity contribution < 1.29 is 4.92 Å². The van der Waals surface area contributed by atoms with Crippen LogP contribution >= 0.6 is 0 Å². The minimum Gasteiger partial charge on any atom is -0.258 e. The smallest absolute Gasteiger partial charge is 0.258 e. The number of aryl methyl sites for hydroxylation is 1. The number of nitrogens with zero attached hydrogens (tertiary/aromatic N) is 3. The van der Waals surface area contributed by atoms with E-state index in [0.29, 0.717) is 5.69 Å². The van der Waals surface area contributed by atoms with Crippen LogP contribution in [0.25, 0.3) is 11.6 Å². The third-order valence-electron chi connectivity index (χ3n) is 3.28. The fourth-order valence-electron chi connectivity index (χ4n) is 2.44. The number of hydrogen-bond donors (Lipinski definition) is 0. The van der Waals surface area contributed by atoms with Crippen LogP contribution in [-0.2, 0) is 6.54 Å². The van der Waals surface area contributed by atoms with Crippen molar-refractivity contribution in [1.82, 2.24) is 9.78 Å². The number of benzene rings is 1. The standard InChI is InChI=1S/C14H13N3O2/c18-17(19)13-10-15-16-8-4-7-12(14(13)16)9-11-5-2-1-3-6-11/h1-3,5-6,9-10H,4,7-8H2/b12-9+. The monoisotopic (exact) mass is 255 g/mol. The predicted molar refractivity (Wildman–Crippen MR) is 72.4 cm³/mol. The van der Waals surface area contributed by atoms with Crippen molar-refractivity contribution in [3.63, 3.8) is 0 Å². The zero-order valence-electron chi connectivity index (χ0n) is 10.3. The molecule has 0 N–H and O–H groups in total. The van der Waals surface area contributed by atoms with Gasteiger partial charge in [0, 0.05) is 6.54 Å². The number of allylic oxidation sites excluding steroid dienone is 1. The molecule has 2 aromatic rings. The fraction of sp³-hybridized carbons (Fsp3) is 0.214. The van der Waals surface area contributed by atoms with Crippen molar-refractivity contribution in [1.29, 1.82) is 0 Å². The molecule has 1 aromatic carbocycles. The molecule has 5 heteroatoms. The average Bonchev–Trinajstić information content (AvgIpc) is 2.85. The van der Waals surface area contributed by atoms with Gasteiger partial charge in [-0.3, -0.25) is 14.8 Å². The summed E-state index contributed by atoms with van der Waals surface area (Å²) in [5.74, 6) is 0. The van der Waals surface area contributed by atoms with Crippen molar-refractivity contribution in [2.45, 2.75) is 19.4 Å². The SMILES string of the molecule is O=[N+]([O-])c1cnn2c1/C(=C/c1ccccc1)CCC2. The Kier molecular flexibility index (Phi) is 2.87.